The van der Waals surface area contributed by atoms with Crippen LogP contribution < -0.4 is 4.90 Å². The van der Waals surface area contributed by atoms with Gasteiger partial charge in [-0.2, -0.15) is 0 Å². The summed E-state index contributed by atoms with van der Waals surface area (Å²) < 4.78 is 2.58. The van der Waals surface area contributed by atoms with E-state index in [4.69, 9.17) is 0 Å². The lowest BCUT2D eigenvalue weighted by molar-refractivity contribution is 0.714. The Morgan fingerprint density at radius 3 is 1.54 bits per heavy atom. The quantitative estimate of drug-likeness (QED) is 0.163. The summed E-state index contributed by atoms with van der Waals surface area (Å²) in [6, 6.07) is 81.4. The molecule has 1 atom stereocenters. The molecule has 2 heteroatoms. The summed E-state index contributed by atoms with van der Waals surface area (Å²) in [7, 11) is 0. The van der Waals surface area contributed by atoms with Gasteiger partial charge in [0, 0.05) is 32.3 Å². The van der Waals surface area contributed by atoms with Crippen LogP contribution in [0.1, 0.15) is 45.9 Å². The van der Waals surface area contributed by atoms with Gasteiger partial charge in [0.15, 0.2) is 0 Å². The number of anilines is 3. The first kappa shape index (κ1) is 34.1. The predicted octanol–water partition coefficient (Wildman–Crippen LogP) is 15.2. The Hall–Kier alpha value is -7.00. The molecule has 0 saturated heterocycles. The third-order valence-corrected chi connectivity index (χ3v) is 14.4. The van der Waals surface area contributed by atoms with E-state index in [0.717, 1.165) is 11.4 Å². The van der Waals surface area contributed by atoms with Gasteiger partial charge in [0.2, 0.25) is 0 Å². The number of rotatable bonds is 6. The molecule has 2 aliphatic carbocycles. The molecule has 0 N–H and O–H groups in total. The number of fused-ring (bicyclic) bond motifs is 9. The maximum Gasteiger partial charge on any atom is 0.0714 e. The Morgan fingerprint density at radius 1 is 0.373 bits per heavy atom. The lowest BCUT2D eigenvalue weighted by Crippen LogP contribution is -2.28. The van der Waals surface area contributed by atoms with Crippen molar-refractivity contribution in [3.8, 4) is 22.3 Å². The van der Waals surface area contributed by atoms with E-state index < -0.39 is 5.41 Å². The molecule has 278 valence electrons. The number of thiophene rings is 1. The number of benzene rings is 9. The number of hydrogen-bond acceptors (Lipinski definition) is 2. The predicted molar refractivity (Wildman–Crippen MR) is 249 cm³/mol. The SMILES string of the molecule is CC1(c2ccccc2)c2ccccc2-c2ccc(N(c3ccc4c(c3)C(c3ccccc3)(c3ccccc3)c3ccccc3-4)c3cccc4c3sc3ccccc34)cc21. The highest BCUT2D eigenvalue weighted by molar-refractivity contribution is 7.26. The van der Waals surface area contributed by atoms with Crippen LogP contribution in [-0.4, -0.2) is 0 Å². The van der Waals surface area contributed by atoms with E-state index in [0.29, 0.717) is 0 Å². The molecule has 10 aromatic rings. The second-order valence-electron chi connectivity index (χ2n) is 16.1. The smallest absolute Gasteiger partial charge is 0.0714 e. The maximum absolute atomic E-state index is 2.54. The van der Waals surface area contributed by atoms with Gasteiger partial charge in [-0.05, 0) is 105 Å². The third-order valence-electron chi connectivity index (χ3n) is 13.2. The molecular formula is C57H39NS. The summed E-state index contributed by atoms with van der Waals surface area (Å²) in [5.74, 6) is 0. The van der Waals surface area contributed by atoms with E-state index in [1.807, 2.05) is 11.3 Å². The Labute approximate surface area is 349 Å². The Kier molecular flexibility index (Phi) is 7.51. The van der Waals surface area contributed by atoms with Crippen LogP contribution in [0.15, 0.2) is 218 Å². The minimum Gasteiger partial charge on any atom is -0.309 e. The molecule has 0 spiro atoms. The maximum atomic E-state index is 2.54. The summed E-state index contributed by atoms with van der Waals surface area (Å²) in [6.45, 7) is 2.41. The first-order chi connectivity index (χ1) is 29.2. The van der Waals surface area contributed by atoms with E-state index >= 15 is 0 Å². The van der Waals surface area contributed by atoms with Gasteiger partial charge in [-0.15, -0.1) is 11.3 Å². The van der Waals surface area contributed by atoms with E-state index in [1.54, 1.807) is 0 Å². The molecule has 0 saturated carbocycles. The zero-order chi connectivity index (χ0) is 39.1. The fraction of sp³-hybridized carbons (Fsp3) is 0.0526. The standard InChI is InChI=1S/C57H39NS/c1-56(38-18-5-2-6-19-38)49-28-14-11-24-43(49)45-34-32-41(36-51(45)56)58(53-30-17-27-48-47-26-13-16-31-54(47)59-55(48)53)42-33-35-46-44-25-12-15-29-50(44)57(52(46)37-42,39-20-7-3-8-21-39)40-22-9-4-10-23-40/h2-37H,1H3. The van der Waals surface area contributed by atoms with Gasteiger partial charge >= 0.3 is 0 Å². The largest absolute Gasteiger partial charge is 0.309 e. The van der Waals surface area contributed by atoms with E-state index in [1.165, 1.54) is 87.1 Å². The van der Waals surface area contributed by atoms with Gasteiger partial charge in [-0.25, -0.2) is 0 Å². The second-order valence-corrected chi connectivity index (χ2v) is 17.2. The van der Waals surface area contributed by atoms with Crippen molar-refractivity contribution in [2.75, 3.05) is 4.90 Å². The van der Waals surface area contributed by atoms with Crippen molar-refractivity contribution in [2.45, 2.75) is 17.8 Å². The Bertz CT molecular complexity index is 3200. The highest BCUT2D eigenvalue weighted by atomic mass is 32.1. The topological polar surface area (TPSA) is 3.24 Å². The molecule has 9 aromatic carbocycles. The van der Waals surface area contributed by atoms with Crippen molar-refractivity contribution in [1.29, 1.82) is 0 Å². The van der Waals surface area contributed by atoms with Crippen LogP contribution in [0.5, 0.6) is 0 Å². The van der Waals surface area contributed by atoms with Crippen LogP contribution >= 0.6 is 11.3 Å². The lowest BCUT2D eigenvalue weighted by Gasteiger charge is -2.35. The monoisotopic (exact) mass is 769 g/mol. The van der Waals surface area contributed by atoms with Crippen molar-refractivity contribution < 1.29 is 0 Å². The summed E-state index contributed by atoms with van der Waals surface area (Å²) >= 11 is 1.88. The Morgan fingerprint density at radius 2 is 0.864 bits per heavy atom. The first-order valence-electron chi connectivity index (χ1n) is 20.5. The molecule has 59 heavy (non-hydrogen) atoms. The van der Waals surface area contributed by atoms with Crippen molar-refractivity contribution in [2.24, 2.45) is 0 Å². The summed E-state index contributed by atoms with van der Waals surface area (Å²) in [5.41, 5.74) is 16.9. The minimum atomic E-state index is -0.509. The summed E-state index contributed by atoms with van der Waals surface area (Å²) in [4.78, 5) is 2.54. The van der Waals surface area contributed by atoms with Crippen LogP contribution in [0.25, 0.3) is 42.4 Å². The minimum absolute atomic E-state index is 0.326. The second kappa shape index (κ2) is 13.0. The average molecular weight is 770 g/mol. The third kappa shape index (κ3) is 4.78. The van der Waals surface area contributed by atoms with Crippen LogP contribution in [0.3, 0.4) is 0 Å². The van der Waals surface area contributed by atoms with Gasteiger partial charge in [0.1, 0.15) is 0 Å². The van der Waals surface area contributed by atoms with E-state index in [9.17, 15) is 0 Å². The van der Waals surface area contributed by atoms with Crippen molar-refractivity contribution in [3.05, 3.63) is 257 Å². The fourth-order valence-electron chi connectivity index (χ4n) is 10.6. The van der Waals surface area contributed by atoms with Crippen LogP contribution in [0.4, 0.5) is 17.1 Å². The highest BCUT2D eigenvalue weighted by Gasteiger charge is 2.46. The fourth-order valence-corrected chi connectivity index (χ4v) is 11.8. The van der Waals surface area contributed by atoms with Crippen molar-refractivity contribution in [1.82, 2.24) is 0 Å². The van der Waals surface area contributed by atoms with Crippen molar-refractivity contribution in [3.63, 3.8) is 0 Å². The highest BCUT2D eigenvalue weighted by Crippen LogP contribution is 2.59. The van der Waals surface area contributed by atoms with Crippen LogP contribution in [-0.2, 0) is 10.8 Å². The van der Waals surface area contributed by atoms with Crippen LogP contribution in [0.2, 0.25) is 0 Å². The average Bonchev–Trinajstić information content (AvgIpc) is 3.92. The molecular weight excluding hydrogens is 731 g/mol. The van der Waals surface area contributed by atoms with Gasteiger partial charge in [0.25, 0.3) is 0 Å². The molecule has 1 unspecified atom stereocenters. The molecule has 1 nitrogen and oxygen atoms in total. The number of nitrogens with zero attached hydrogens (tertiary/aromatic N) is 1. The molecule has 1 heterocycles. The van der Waals surface area contributed by atoms with Gasteiger partial charge in [-0.1, -0.05) is 182 Å². The van der Waals surface area contributed by atoms with Gasteiger partial charge in [-0.3, -0.25) is 0 Å². The van der Waals surface area contributed by atoms with Gasteiger partial charge in [0.05, 0.1) is 15.8 Å². The zero-order valence-electron chi connectivity index (χ0n) is 32.6. The molecule has 0 amide bonds. The Balaban J connectivity index is 1.16. The number of hydrogen-bond donors (Lipinski definition) is 0. The zero-order valence-corrected chi connectivity index (χ0v) is 33.5. The summed E-state index contributed by atoms with van der Waals surface area (Å²) in [6.07, 6.45) is 0. The molecule has 0 radical (unpaired) electrons. The first-order valence-corrected chi connectivity index (χ1v) is 21.3. The molecule has 12 rings (SSSR count). The van der Waals surface area contributed by atoms with Crippen molar-refractivity contribution >= 4 is 48.6 Å². The molecule has 1 aromatic heterocycles. The molecule has 0 bridgehead atoms. The summed E-state index contributed by atoms with van der Waals surface area (Å²) in [5, 5.41) is 2.58. The van der Waals surface area contributed by atoms with Crippen LogP contribution in [0, 0.1) is 0 Å². The molecule has 0 fully saturated rings. The molecule has 2 aliphatic rings. The lowest BCUT2D eigenvalue weighted by atomic mass is 9.67. The molecule has 0 aliphatic heterocycles. The van der Waals surface area contributed by atoms with E-state index in [-0.39, 0.29) is 5.41 Å². The normalized spacial score (nSPS) is 15.7. The van der Waals surface area contributed by atoms with E-state index in [2.05, 4.69) is 230 Å². The van der Waals surface area contributed by atoms with Gasteiger partial charge < -0.3 is 4.90 Å².